The normalized spacial score (nSPS) is 15.7. The van der Waals surface area contributed by atoms with Crippen LogP contribution in [0.25, 0.3) is 11.0 Å². The van der Waals surface area contributed by atoms with Crippen molar-refractivity contribution in [2.45, 2.75) is 19.9 Å². The van der Waals surface area contributed by atoms with Gasteiger partial charge >= 0.3 is 0 Å². The van der Waals surface area contributed by atoms with E-state index in [1.165, 1.54) is 0 Å². The summed E-state index contributed by atoms with van der Waals surface area (Å²) in [4.78, 5) is 32.8. The molecule has 0 fully saturated rings. The van der Waals surface area contributed by atoms with Gasteiger partial charge in [-0.25, -0.2) is 4.98 Å². The first-order chi connectivity index (χ1) is 14.0. The third-order valence-corrected chi connectivity index (χ3v) is 5.32. The van der Waals surface area contributed by atoms with Crippen molar-refractivity contribution in [3.8, 4) is 0 Å². The Morgan fingerprint density at radius 3 is 2.45 bits per heavy atom. The number of carbonyl (C=O) groups excluding carboxylic acids is 1. The van der Waals surface area contributed by atoms with Crippen LogP contribution in [0.2, 0.25) is 0 Å². The van der Waals surface area contributed by atoms with E-state index in [0.29, 0.717) is 22.4 Å². The molecule has 5 nitrogen and oxygen atoms in total. The number of benzene rings is 2. The fourth-order valence-corrected chi connectivity index (χ4v) is 3.87. The third kappa shape index (κ3) is 2.66. The number of fused-ring (bicyclic) bond motifs is 2. The SMILES string of the molecule is Cc1ccc([C@H]2c3c(oc4ccccc4c3=O)C(=O)N2c2cc(C)ccn2)cc1. The summed E-state index contributed by atoms with van der Waals surface area (Å²) in [5, 5.41) is 0.468. The molecule has 0 radical (unpaired) electrons. The molecule has 0 N–H and O–H groups in total. The maximum absolute atomic E-state index is 13.4. The van der Waals surface area contributed by atoms with Crippen LogP contribution in [0, 0.1) is 13.8 Å². The van der Waals surface area contributed by atoms with Crippen LogP contribution in [-0.4, -0.2) is 10.9 Å². The molecule has 0 saturated heterocycles. The number of carbonyl (C=O) groups is 1. The Hall–Kier alpha value is -3.73. The van der Waals surface area contributed by atoms with E-state index in [0.717, 1.165) is 16.7 Å². The van der Waals surface area contributed by atoms with E-state index in [1.54, 1.807) is 35.4 Å². The Kier molecular flexibility index (Phi) is 3.84. The van der Waals surface area contributed by atoms with Gasteiger partial charge in [-0.05, 0) is 49.2 Å². The molecule has 5 rings (SSSR count). The van der Waals surface area contributed by atoms with E-state index in [9.17, 15) is 9.59 Å². The van der Waals surface area contributed by atoms with E-state index in [2.05, 4.69) is 4.98 Å². The smallest absolute Gasteiger partial charge is 0.296 e. The molecule has 1 aliphatic heterocycles. The minimum Gasteiger partial charge on any atom is -0.450 e. The van der Waals surface area contributed by atoms with Gasteiger partial charge in [-0.3, -0.25) is 14.5 Å². The third-order valence-electron chi connectivity index (χ3n) is 5.32. The molecule has 2 aromatic heterocycles. The molecule has 3 heterocycles. The molecular formula is C24H18N2O3. The Morgan fingerprint density at radius 2 is 1.69 bits per heavy atom. The molecular weight excluding hydrogens is 364 g/mol. The second-order valence-corrected chi connectivity index (χ2v) is 7.35. The molecule has 4 aromatic rings. The van der Waals surface area contributed by atoms with Crippen molar-refractivity contribution in [1.82, 2.24) is 4.98 Å². The Labute approximate surface area is 167 Å². The summed E-state index contributed by atoms with van der Waals surface area (Å²) in [6, 6.07) is 18.0. The monoisotopic (exact) mass is 382 g/mol. The van der Waals surface area contributed by atoms with Crippen LogP contribution >= 0.6 is 0 Å². The highest BCUT2D eigenvalue weighted by Gasteiger charge is 2.44. The lowest BCUT2D eigenvalue weighted by atomic mass is 9.97. The summed E-state index contributed by atoms with van der Waals surface area (Å²) in [5.74, 6) is 0.226. The quantitative estimate of drug-likeness (QED) is 0.510. The van der Waals surface area contributed by atoms with Crippen molar-refractivity contribution < 1.29 is 9.21 Å². The van der Waals surface area contributed by atoms with Gasteiger partial charge in [-0.15, -0.1) is 0 Å². The lowest BCUT2D eigenvalue weighted by Crippen LogP contribution is -2.30. The number of amides is 1. The summed E-state index contributed by atoms with van der Waals surface area (Å²) in [6.45, 7) is 3.94. The van der Waals surface area contributed by atoms with Crippen molar-refractivity contribution in [2.75, 3.05) is 4.90 Å². The average molecular weight is 382 g/mol. The standard InChI is InChI=1S/C24H18N2O3/c1-14-7-9-16(10-8-14)21-20-22(27)17-5-3-4-6-18(17)29-23(20)24(28)26(21)19-13-15(2)11-12-25-19/h3-13,21H,1-2H3/t21-/m0/s1. The molecule has 5 heteroatoms. The van der Waals surface area contributed by atoms with E-state index >= 15 is 0 Å². The zero-order valence-electron chi connectivity index (χ0n) is 16.0. The number of aryl methyl sites for hydroxylation is 2. The highest BCUT2D eigenvalue weighted by atomic mass is 16.3. The second-order valence-electron chi connectivity index (χ2n) is 7.35. The number of anilines is 1. The van der Waals surface area contributed by atoms with Crippen molar-refractivity contribution in [1.29, 1.82) is 0 Å². The molecule has 0 bridgehead atoms. The molecule has 0 saturated carbocycles. The topological polar surface area (TPSA) is 63.4 Å². The van der Waals surface area contributed by atoms with E-state index in [-0.39, 0.29) is 17.1 Å². The predicted octanol–water partition coefficient (Wildman–Crippen LogP) is 4.55. The largest absolute Gasteiger partial charge is 0.450 e. The fraction of sp³-hybridized carbons (Fsp3) is 0.125. The molecule has 0 aliphatic carbocycles. The highest BCUT2D eigenvalue weighted by Crippen LogP contribution is 2.40. The number of aromatic nitrogens is 1. The predicted molar refractivity (Wildman–Crippen MR) is 111 cm³/mol. The number of para-hydroxylation sites is 1. The number of hydrogen-bond donors (Lipinski definition) is 0. The summed E-state index contributed by atoms with van der Waals surface area (Å²) in [5.41, 5.74) is 3.51. The van der Waals surface area contributed by atoms with Crippen LogP contribution in [0.4, 0.5) is 5.82 Å². The van der Waals surface area contributed by atoms with Crippen LogP contribution in [0.3, 0.4) is 0 Å². The molecule has 142 valence electrons. The molecule has 2 aromatic carbocycles. The van der Waals surface area contributed by atoms with Gasteiger partial charge in [-0.2, -0.15) is 0 Å². The number of hydrogen-bond acceptors (Lipinski definition) is 4. The molecule has 1 atom stereocenters. The first-order valence-corrected chi connectivity index (χ1v) is 9.43. The average Bonchev–Trinajstić information content (AvgIpc) is 3.02. The van der Waals surface area contributed by atoms with E-state index in [4.69, 9.17) is 4.42 Å². The summed E-state index contributed by atoms with van der Waals surface area (Å²) < 4.78 is 5.94. The summed E-state index contributed by atoms with van der Waals surface area (Å²) in [6.07, 6.45) is 1.67. The number of pyridine rings is 1. The first-order valence-electron chi connectivity index (χ1n) is 9.43. The van der Waals surface area contributed by atoms with Gasteiger partial charge in [0.25, 0.3) is 5.91 Å². The van der Waals surface area contributed by atoms with Crippen LogP contribution < -0.4 is 10.3 Å². The van der Waals surface area contributed by atoms with Gasteiger partial charge in [0.05, 0.1) is 17.0 Å². The number of rotatable bonds is 2. The van der Waals surface area contributed by atoms with Crippen molar-refractivity contribution in [3.63, 3.8) is 0 Å². The maximum Gasteiger partial charge on any atom is 0.296 e. The molecule has 0 unspecified atom stereocenters. The molecule has 0 spiro atoms. The van der Waals surface area contributed by atoms with Crippen LogP contribution in [-0.2, 0) is 0 Å². The van der Waals surface area contributed by atoms with E-state index < -0.39 is 6.04 Å². The van der Waals surface area contributed by atoms with Crippen LogP contribution in [0.1, 0.15) is 38.9 Å². The number of nitrogens with zero attached hydrogens (tertiary/aromatic N) is 2. The Bertz CT molecular complexity index is 1320. The Balaban J connectivity index is 1.82. The lowest BCUT2D eigenvalue weighted by molar-refractivity contribution is 0.0970. The molecule has 1 amide bonds. The second kappa shape index (κ2) is 6.41. The Morgan fingerprint density at radius 1 is 0.931 bits per heavy atom. The zero-order chi connectivity index (χ0) is 20.1. The van der Waals surface area contributed by atoms with Gasteiger partial charge in [0, 0.05) is 6.20 Å². The van der Waals surface area contributed by atoms with E-state index in [1.807, 2.05) is 50.2 Å². The minimum absolute atomic E-state index is 0.0857. The summed E-state index contributed by atoms with van der Waals surface area (Å²) in [7, 11) is 0. The van der Waals surface area contributed by atoms with Gasteiger partial charge in [0.1, 0.15) is 11.4 Å². The molecule has 29 heavy (non-hydrogen) atoms. The van der Waals surface area contributed by atoms with Crippen LogP contribution in [0.15, 0.2) is 76.1 Å². The van der Waals surface area contributed by atoms with Crippen molar-refractivity contribution in [3.05, 3.63) is 105 Å². The van der Waals surface area contributed by atoms with Gasteiger partial charge in [0.2, 0.25) is 5.76 Å². The van der Waals surface area contributed by atoms with Crippen molar-refractivity contribution >= 4 is 22.7 Å². The molecule has 1 aliphatic rings. The fourth-order valence-electron chi connectivity index (χ4n) is 3.87. The van der Waals surface area contributed by atoms with Gasteiger partial charge < -0.3 is 4.42 Å². The van der Waals surface area contributed by atoms with Gasteiger partial charge in [-0.1, -0.05) is 42.0 Å². The summed E-state index contributed by atoms with van der Waals surface area (Å²) >= 11 is 0. The lowest BCUT2D eigenvalue weighted by Gasteiger charge is -2.24. The van der Waals surface area contributed by atoms with Gasteiger partial charge in [0.15, 0.2) is 5.43 Å². The maximum atomic E-state index is 13.4. The highest BCUT2D eigenvalue weighted by molar-refractivity contribution is 6.10. The van der Waals surface area contributed by atoms with Crippen LogP contribution in [0.5, 0.6) is 0 Å². The van der Waals surface area contributed by atoms with Crippen molar-refractivity contribution in [2.24, 2.45) is 0 Å². The zero-order valence-corrected chi connectivity index (χ0v) is 16.0. The first kappa shape index (κ1) is 17.4. The minimum atomic E-state index is -0.590.